The molecule has 5 heteroatoms. The third-order valence-electron chi connectivity index (χ3n) is 4.18. The maximum absolute atomic E-state index is 12.4. The maximum Gasteiger partial charge on any atom is 0.251 e. The van der Waals surface area contributed by atoms with E-state index in [0.717, 1.165) is 26.6 Å². The Morgan fingerprint density at radius 2 is 1.92 bits per heavy atom. The second-order valence-corrected chi connectivity index (χ2v) is 6.71. The number of nitrogens with one attached hydrogen (secondary N) is 3. The lowest BCUT2D eigenvalue weighted by Gasteiger charge is -2.24. The van der Waals surface area contributed by atoms with Gasteiger partial charge >= 0.3 is 0 Å². The Morgan fingerprint density at radius 1 is 1.08 bits per heavy atom. The fraction of sp³-hybridized carbons (Fsp3) is 0.105. The van der Waals surface area contributed by atoms with Crippen LogP contribution < -0.4 is 10.6 Å². The minimum Gasteiger partial charge on any atom is -0.377 e. The number of hydrogen-bond acceptors (Lipinski definition) is 2. The van der Waals surface area contributed by atoms with Crippen LogP contribution in [0.25, 0.3) is 16.5 Å². The lowest BCUT2D eigenvalue weighted by molar-refractivity contribution is -0.115. The van der Waals surface area contributed by atoms with Crippen LogP contribution in [0.15, 0.2) is 65.3 Å². The second kappa shape index (κ2) is 6.17. The molecular weight excluding hydrogens is 366 g/mol. The van der Waals surface area contributed by atoms with Gasteiger partial charge in [0.15, 0.2) is 0 Å². The first-order valence-corrected chi connectivity index (χ1v) is 8.58. The number of aromatic nitrogens is 1. The van der Waals surface area contributed by atoms with Crippen LogP contribution >= 0.6 is 15.9 Å². The molecule has 1 aromatic heterocycles. The number of aromatic amines is 1. The van der Waals surface area contributed by atoms with Crippen LogP contribution in [-0.2, 0) is 4.79 Å². The van der Waals surface area contributed by atoms with Gasteiger partial charge in [0.25, 0.3) is 5.91 Å². The molecule has 1 atom stereocenters. The molecule has 4 nitrogen and oxygen atoms in total. The number of benzene rings is 2. The van der Waals surface area contributed by atoms with E-state index in [2.05, 4.69) is 31.5 Å². The predicted octanol–water partition coefficient (Wildman–Crippen LogP) is 3.92. The third kappa shape index (κ3) is 2.83. The van der Waals surface area contributed by atoms with E-state index in [1.165, 1.54) is 0 Å². The van der Waals surface area contributed by atoms with Crippen LogP contribution in [0.3, 0.4) is 0 Å². The molecule has 0 bridgehead atoms. The summed E-state index contributed by atoms with van der Waals surface area (Å²) in [4.78, 5) is 15.6. The summed E-state index contributed by atoms with van der Waals surface area (Å²) in [6.07, 6.45) is 3.91. The largest absolute Gasteiger partial charge is 0.377 e. The lowest BCUT2D eigenvalue weighted by atomic mass is 9.96. The van der Waals surface area contributed by atoms with E-state index < -0.39 is 0 Å². The van der Waals surface area contributed by atoms with Gasteiger partial charge in [-0.1, -0.05) is 28.1 Å². The van der Waals surface area contributed by atoms with Crippen molar-refractivity contribution in [1.29, 1.82) is 0 Å². The average molecular weight is 382 g/mol. The summed E-state index contributed by atoms with van der Waals surface area (Å²) in [6, 6.07) is 16.0. The van der Waals surface area contributed by atoms with Gasteiger partial charge in [-0.25, -0.2) is 0 Å². The molecule has 4 rings (SSSR count). The number of rotatable bonds is 3. The number of carbonyl (C=O) groups excluding carboxylic acids is 1. The Labute approximate surface area is 148 Å². The summed E-state index contributed by atoms with van der Waals surface area (Å²) in [5.41, 5.74) is 3.72. The molecule has 0 saturated carbocycles. The third-order valence-corrected chi connectivity index (χ3v) is 4.71. The van der Waals surface area contributed by atoms with Gasteiger partial charge in [0, 0.05) is 39.4 Å². The highest BCUT2D eigenvalue weighted by Crippen LogP contribution is 2.27. The van der Waals surface area contributed by atoms with Crippen LogP contribution in [-0.4, -0.2) is 23.5 Å². The summed E-state index contributed by atoms with van der Waals surface area (Å²) in [7, 11) is 0. The Balaban J connectivity index is 1.68. The molecule has 3 aromatic rings. The van der Waals surface area contributed by atoms with Crippen molar-refractivity contribution in [3.8, 4) is 0 Å². The van der Waals surface area contributed by atoms with E-state index in [9.17, 15) is 4.79 Å². The number of halogens is 1. The number of fused-ring (bicyclic) bond motifs is 1. The van der Waals surface area contributed by atoms with Crippen molar-refractivity contribution in [3.63, 3.8) is 0 Å². The van der Waals surface area contributed by atoms with Gasteiger partial charge in [0.2, 0.25) is 0 Å². The van der Waals surface area contributed by atoms with E-state index in [1.807, 2.05) is 60.8 Å². The van der Waals surface area contributed by atoms with Crippen molar-refractivity contribution in [2.45, 2.75) is 6.04 Å². The molecule has 120 valence electrons. The van der Waals surface area contributed by atoms with E-state index >= 15 is 0 Å². The molecule has 2 aromatic carbocycles. The lowest BCUT2D eigenvalue weighted by Crippen LogP contribution is -2.40. The number of H-pyrrole nitrogens is 1. The van der Waals surface area contributed by atoms with Gasteiger partial charge in [-0.05, 0) is 48.0 Å². The SMILES string of the molecule is O=C1NCC(Nc2ccc(Br)cc2)C=C1c1cccc2[nH]ccc12. The molecule has 0 radical (unpaired) electrons. The molecule has 3 N–H and O–H groups in total. The highest BCUT2D eigenvalue weighted by molar-refractivity contribution is 9.10. The van der Waals surface area contributed by atoms with Crippen LogP contribution in [0.1, 0.15) is 5.56 Å². The molecule has 1 unspecified atom stereocenters. The highest BCUT2D eigenvalue weighted by Gasteiger charge is 2.22. The van der Waals surface area contributed by atoms with E-state index in [-0.39, 0.29) is 11.9 Å². The summed E-state index contributed by atoms with van der Waals surface area (Å²) < 4.78 is 1.04. The summed E-state index contributed by atoms with van der Waals surface area (Å²) in [6.45, 7) is 0.571. The van der Waals surface area contributed by atoms with Crippen LogP contribution in [0.2, 0.25) is 0 Å². The van der Waals surface area contributed by atoms with Crippen molar-refractivity contribution in [1.82, 2.24) is 10.3 Å². The van der Waals surface area contributed by atoms with E-state index in [0.29, 0.717) is 12.1 Å². The zero-order valence-electron chi connectivity index (χ0n) is 12.8. The van der Waals surface area contributed by atoms with Gasteiger partial charge in [-0.2, -0.15) is 0 Å². The number of amides is 1. The molecule has 2 heterocycles. The topological polar surface area (TPSA) is 56.9 Å². The molecular formula is C19H16BrN3O. The van der Waals surface area contributed by atoms with Gasteiger partial charge in [-0.15, -0.1) is 0 Å². The smallest absolute Gasteiger partial charge is 0.251 e. The van der Waals surface area contributed by atoms with Gasteiger partial charge in [0.1, 0.15) is 0 Å². The first kappa shape index (κ1) is 15.0. The molecule has 0 fully saturated rings. The van der Waals surface area contributed by atoms with Gasteiger partial charge < -0.3 is 15.6 Å². The van der Waals surface area contributed by atoms with Crippen molar-refractivity contribution < 1.29 is 4.79 Å². The summed E-state index contributed by atoms with van der Waals surface area (Å²) in [5, 5.41) is 7.49. The molecule has 24 heavy (non-hydrogen) atoms. The first-order valence-electron chi connectivity index (χ1n) is 7.79. The fourth-order valence-electron chi connectivity index (χ4n) is 3.02. The molecule has 1 aliphatic heterocycles. The van der Waals surface area contributed by atoms with Crippen molar-refractivity contribution in [2.24, 2.45) is 0 Å². The zero-order chi connectivity index (χ0) is 16.5. The van der Waals surface area contributed by atoms with Crippen LogP contribution in [0.4, 0.5) is 5.69 Å². The normalized spacial score (nSPS) is 17.5. The van der Waals surface area contributed by atoms with Crippen molar-refractivity contribution >= 4 is 44.0 Å². The highest BCUT2D eigenvalue weighted by atomic mass is 79.9. The van der Waals surface area contributed by atoms with E-state index in [1.54, 1.807) is 0 Å². The summed E-state index contributed by atoms with van der Waals surface area (Å²) >= 11 is 3.44. The van der Waals surface area contributed by atoms with Gasteiger partial charge in [0.05, 0.1) is 6.04 Å². The van der Waals surface area contributed by atoms with Crippen molar-refractivity contribution in [2.75, 3.05) is 11.9 Å². The quantitative estimate of drug-likeness (QED) is 0.643. The number of anilines is 1. The molecule has 0 spiro atoms. The van der Waals surface area contributed by atoms with E-state index in [4.69, 9.17) is 0 Å². The number of carbonyl (C=O) groups is 1. The average Bonchev–Trinajstić information content (AvgIpc) is 3.07. The minimum atomic E-state index is -0.0300. The summed E-state index contributed by atoms with van der Waals surface area (Å²) in [5.74, 6) is -0.0300. The minimum absolute atomic E-state index is 0.0300. The molecule has 0 aliphatic carbocycles. The van der Waals surface area contributed by atoms with Crippen LogP contribution in [0, 0.1) is 0 Å². The zero-order valence-corrected chi connectivity index (χ0v) is 14.4. The van der Waals surface area contributed by atoms with Gasteiger partial charge in [-0.3, -0.25) is 4.79 Å². The Bertz CT molecular complexity index is 927. The standard InChI is InChI=1S/C19H16BrN3O/c20-12-4-6-13(7-5-12)23-14-10-17(19(24)22-11-14)15-2-1-3-18-16(15)8-9-21-18/h1-10,14,21,23H,11H2,(H,22,24). The monoisotopic (exact) mass is 381 g/mol. The molecule has 1 aliphatic rings. The maximum atomic E-state index is 12.4. The number of hydrogen-bond donors (Lipinski definition) is 3. The second-order valence-electron chi connectivity index (χ2n) is 5.79. The first-order chi connectivity index (χ1) is 11.7. The fourth-order valence-corrected chi connectivity index (χ4v) is 3.28. The molecule has 1 amide bonds. The van der Waals surface area contributed by atoms with Crippen LogP contribution in [0.5, 0.6) is 0 Å². The predicted molar refractivity (Wildman–Crippen MR) is 101 cm³/mol. The molecule has 0 saturated heterocycles. The Morgan fingerprint density at radius 3 is 2.75 bits per heavy atom. The van der Waals surface area contributed by atoms with Crippen molar-refractivity contribution in [3.05, 3.63) is 70.8 Å². The Kier molecular flexibility index (Phi) is 3.86. The Hall–Kier alpha value is -2.53.